The van der Waals surface area contributed by atoms with E-state index in [2.05, 4.69) is 6.58 Å². The first-order chi connectivity index (χ1) is 7.43. The van der Waals surface area contributed by atoms with Crippen LogP contribution in [0.5, 0.6) is 0 Å². The average molecular weight is 226 g/mol. The van der Waals surface area contributed by atoms with E-state index in [1.54, 1.807) is 0 Å². The monoisotopic (exact) mass is 226 g/mol. The van der Waals surface area contributed by atoms with E-state index < -0.39 is 11.7 Å². The first kappa shape index (κ1) is 12.2. The molecule has 0 N–H and O–H groups in total. The Bertz CT molecular complexity index is 430. The van der Waals surface area contributed by atoms with Gasteiger partial charge in [-0.25, -0.2) is 0 Å². The third-order valence-electron chi connectivity index (χ3n) is 1.86. The van der Waals surface area contributed by atoms with E-state index in [0.717, 1.165) is 18.2 Å². The average Bonchev–Trinajstić information content (AvgIpc) is 2.25. The Balaban J connectivity index is 2.96. The van der Waals surface area contributed by atoms with Crippen molar-refractivity contribution in [1.82, 2.24) is 0 Å². The smallest absolute Gasteiger partial charge is 0.290 e. The minimum Gasteiger partial charge on any atom is -0.290 e. The van der Waals surface area contributed by atoms with Crippen LogP contribution in [0.4, 0.5) is 13.2 Å². The molecule has 0 unspecified atom stereocenters. The van der Waals surface area contributed by atoms with Crippen molar-refractivity contribution in [2.45, 2.75) is 6.18 Å². The van der Waals surface area contributed by atoms with Gasteiger partial charge >= 0.3 is 6.18 Å². The van der Waals surface area contributed by atoms with Gasteiger partial charge in [-0.2, -0.15) is 13.2 Å². The van der Waals surface area contributed by atoms with Gasteiger partial charge < -0.3 is 0 Å². The molecule has 1 nitrogen and oxygen atoms in total. The van der Waals surface area contributed by atoms with Crippen LogP contribution in [0.25, 0.3) is 6.08 Å². The second-order valence-corrected chi connectivity index (χ2v) is 3.06. The Labute approximate surface area is 90.9 Å². The van der Waals surface area contributed by atoms with Crippen molar-refractivity contribution >= 4 is 11.9 Å². The highest BCUT2D eigenvalue weighted by Gasteiger charge is 2.30. The summed E-state index contributed by atoms with van der Waals surface area (Å²) >= 11 is 0. The van der Waals surface area contributed by atoms with Gasteiger partial charge in [0.25, 0.3) is 0 Å². The molecule has 0 saturated carbocycles. The number of hydrogen-bond acceptors (Lipinski definition) is 1. The zero-order valence-electron chi connectivity index (χ0n) is 8.29. The highest BCUT2D eigenvalue weighted by Crippen LogP contribution is 2.29. The molecule has 0 aliphatic carbocycles. The Morgan fingerprint density at radius 2 is 2.00 bits per heavy atom. The third-order valence-corrected chi connectivity index (χ3v) is 1.86. The van der Waals surface area contributed by atoms with Crippen LogP contribution in [0, 0.1) is 0 Å². The van der Waals surface area contributed by atoms with Crippen molar-refractivity contribution in [3.05, 3.63) is 54.1 Å². The molecule has 0 saturated heterocycles. The summed E-state index contributed by atoms with van der Waals surface area (Å²) in [4.78, 5) is 10.8. The molecule has 0 aromatic heterocycles. The summed E-state index contributed by atoms with van der Waals surface area (Å²) in [6.45, 7) is 3.25. The van der Waals surface area contributed by atoms with Crippen molar-refractivity contribution in [2.24, 2.45) is 0 Å². The topological polar surface area (TPSA) is 17.1 Å². The molecule has 0 aliphatic rings. The lowest BCUT2D eigenvalue weighted by atomic mass is 10.1. The molecule has 0 aliphatic heterocycles. The fourth-order valence-corrected chi connectivity index (χ4v) is 1.07. The number of rotatable bonds is 3. The van der Waals surface area contributed by atoms with Crippen molar-refractivity contribution < 1.29 is 18.0 Å². The number of allylic oxidation sites excluding steroid dienone is 2. The fourth-order valence-electron chi connectivity index (χ4n) is 1.07. The van der Waals surface area contributed by atoms with Crippen molar-refractivity contribution in [3.8, 4) is 0 Å². The summed E-state index contributed by atoms with van der Waals surface area (Å²) in [6, 6.07) is 4.74. The standard InChI is InChI=1S/C12H9F3O/c1-2-11(16)7-6-9-4-3-5-10(8-9)12(13,14)15/h2-8H,1H2. The lowest BCUT2D eigenvalue weighted by molar-refractivity contribution is -0.137. The fraction of sp³-hybridized carbons (Fsp3) is 0.0833. The molecular weight excluding hydrogens is 217 g/mol. The number of halogens is 3. The molecule has 1 aromatic rings. The van der Waals surface area contributed by atoms with E-state index in [0.29, 0.717) is 5.56 Å². The Kier molecular flexibility index (Phi) is 3.66. The van der Waals surface area contributed by atoms with E-state index in [1.165, 1.54) is 24.3 Å². The van der Waals surface area contributed by atoms with E-state index in [9.17, 15) is 18.0 Å². The summed E-state index contributed by atoms with van der Waals surface area (Å²) in [6.07, 6.45) is -0.794. The van der Waals surface area contributed by atoms with Gasteiger partial charge in [0, 0.05) is 0 Å². The Hall–Kier alpha value is -1.84. The van der Waals surface area contributed by atoms with Crippen LogP contribution in [0.2, 0.25) is 0 Å². The Morgan fingerprint density at radius 1 is 1.31 bits per heavy atom. The summed E-state index contributed by atoms with van der Waals surface area (Å²) < 4.78 is 37.0. The molecule has 0 spiro atoms. The predicted molar refractivity (Wildman–Crippen MR) is 55.7 cm³/mol. The number of carbonyl (C=O) groups excluding carboxylic acids is 1. The van der Waals surface area contributed by atoms with Crippen molar-refractivity contribution in [1.29, 1.82) is 0 Å². The zero-order valence-corrected chi connectivity index (χ0v) is 8.29. The van der Waals surface area contributed by atoms with Crippen molar-refractivity contribution in [3.63, 3.8) is 0 Å². The van der Waals surface area contributed by atoms with Gasteiger partial charge in [0.2, 0.25) is 0 Å². The van der Waals surface area contributed by atoms with E-state index in [-0.39, 0.29) is 5.78 Å². The zero-order chi connectivity index (χ0) is 12.2. The molecular formula is C12H9F3O. The molecule has 16 heavy (non-hydrogen) atoms. The summed E-state index contributed by atoms with van der Waals surface area (Å²) in [5.74, 6) is -0.350. The molecule has 4 heteroatoms. The van der Waals surface area contributed by atoms with Gasteiger partial charge in [0.1, 0.15) is 0 Å². The number of carbonyl (C=O) groups is 1. The van der Waals surface area contributed by atoms with E-state index >= 15 is 0 Å². The lowest BCUT2D eigenvalue weighted by Gasteiger charge is -2.06. The van der Waals surface area contributed by atoms with Crippen LogP contribution in [-0.4, -0.2) is 5.78 Å². The van der Waals surface area contributed by atoms with Gasteiger partial charge in [0.05, 0.1) is 5.56 Å². The quantitative estimate of drug-likeness (QED) is 0.721. The first-order valence-electron chi connectivity index (χ1n) is 4.45. The lowest BCUT2D eigenvalue weighted by Crippen LogP contribution is -2.04. The van der Waals surface area contributed by atoms with Gasteiger partial charge in [-0.1, -0.05) is 24.8 Å². The largest absolute Gasteiger partial charge is 0.416 e. The molecule has 0 bridgehead atoms. The van der Waals surface area contributed by atoms with Crippen LogP contribution < -0.4 is 0 Å². The normalized spacial score (nSPS) is 11.7. The van der Waals surface area contributed by atoms with Crippen LogP contribution >= 0.6 is 0 Å². The second-order valence-electron chi connectivity index (χ2n) is 3.06. The van der Waals surface area contributed by atoms with Crippen LogP contribution in [0.1, 0.15) is 11.1 Å². The minimum absolute atomic E-state index is 0.324. The van der Waals surface area contributed by atoms with Crippen LogP contribution in [0.15, 0.2) is 43.0 Å². The number of alkyl halides is 3. The van der Waals surface area contributed by atoms with Crippen molar-refractivity contribution in [2.75, 3.05) is 0 Å². The predicted octanol–water partition coefficient (Wildman–Crippen LogP) is 3.47. The third kappa shape index (κ3) is 3.38. The maximum absolute atomic E-state index is 12.3. The Morgan fingerprint density at radius 3 is 2.56 bits per heavy atom. The van der Waals surface area contributed by atoms with Crippen LogP contribution in [0.3, 0.4) is 0 Å². The molecule has 1 rings (SSSR count). The maximum atomic E-state index is 12.3. The van der Waals surface area contributed by atoms with E-state index in [1.807, 2.05) is 0 Å². The highest BCUT2D eigenvalue weighted by atomic mass is 19.4. The molecule has 0 radical (unpaired) electrons. The molecule has 0 heterocycles. The number of hydrogen-bond donors (Lipinski definition) is 0. The minimum atomic E-state index is -4.37. The number of ketones is 1. The molecule has 1 aromatic carbocycles. The maximum Gasteiger partial charge on any atom is 0.416 e. The molecule has 84 valence electrons. The second kappa shape index (κ2) is 4.79. The first-order valence-corrected chi connectivity index (χ1v) is 4.45. The SMILES string of the molecule is C=CC(=O)C=Cc1cccc(C(F)(F)F)c1. The van der Waals surface area contributed by atoms with Gasteiger partial charge in [-0.3, -0.25) is 4.79 Å². The van der Waals surface area contributed by atoms with E-state index in [4.69, 9.17) is 0 Å². The summed E-state index contributed by atoms with van der Waals surface area (Å²) in [7, 11) is 0. The van der Waals surface area contributed by atoms with Gasteiger partial charge in [-0.05, 0) is 29.8 Å². The summed E-state index contributed by atoms with van der Waals surface area (Å²) in [5, 5.41) is 0. The summed E-state index contributed by atoms with van der Waals surface area (Å²) in [5.41, 5.74) is -0.411. The molecule has 0 amide bonds. The van der Waals surface area contributed by atoms with Crippen LogP contribution in [-0.2, 0) is 11.0 Å². The van der Waals surface area contributed by atoms with Gasteiger partial charge in [-0.15, -0.1) is 0 Å². The number of benzene rings is 1. The molecule has 0 fully saturated rings. The highest BCUT2D eigenvalue weighted by molar-refractivity contribution is 6.01. The van der Waals surface area contributed by atoms with Gasteiger partial charge in [0.15, 0.2) is 5.78 Å². The molecule has 0 atom stereocenters.